The Bertz CT molecular complexity index is 525. The highest BCUT2D eigenvalue weighted by Crippen LogP contribution is 2.25. The van der Waals surface area contributed by atoms with Crippen LogP contribution in [-0.2, 0) is 0 Å². The molecule has 102 valence electrons. The largest absolute Gasteiger partial charge is 0.439 e. The molecule has 1 atom stereocenters. The molecule has 0 radical (unpaired) electrons. The minimum Gasteiger partial charge on any atom is -0.439 e. The molecule has 0 fully saturated rings. The fraction of sp³-hybridized carbons (Fsp3) is 0.438. The minimum absolute atomic E-state index is 0.152. The number of rotatable bonds is 5. The van der Waals surface area contributed by atoms with Crippen LogP contribution in [0.25, 0.3) is 11.3 Å². The molecule has 0 bridgehead atoms. The van der Waals surface area contributed by atoms with E-state index < -0.39 is 0 Å². The maximum Gasteiger partial charge on any atom is 0.211 e. The standard InChI is InChI=1S/C16H22N2O/c1-5-6-17-13(4)16-18-10-15(19-16)14-8-11(2)7-12(3)9-14/h7-10,13,17H,5-6H2,1-4H3. The quantitative estimate of drug-likeness (QED) is 0.880. The van der Waals surface area contributed by atoms with Crippen LogP contribution in [0.2, 0.25) is 0 Å². The summed E-state index contributed by atoms with van der Waals surface area (Å²) in [4.78, 5) is 4.38. The van der Waals surface area contributed by atoms with Crippen molar-refractivity contribution in [2.45, 2.75) is 40.2 Å². The molecule has 2 aromatic rings. The van der Waals surface area contributed by atoms with Crippen molar-refractivity contribution < 1.29 is 4.42 Å². The first-order valence-corrected chi connectivity index (χ1v) is 6.88. The molecule has 3 nitrogen and oxygen atoms in total. The third-order valence-corrected chi connectivity index (χ3v) is 3.10. The molecule has 0 aliphatic heterocycles. The molecule has 0 spiro atoms. The van der Waals surface area contributed by atoms with Crippen molar-refractivity contribution in [3.8, 4) is 11.3 Å². The SMILES string of the molecule is CCCNC(C)c1ncc(-c2cc(C)cc(C)c2)o1. The van der Waals surface area contributed by atoms with E-state index in [4.69, 9.17) is 4.42 Å². The van der Waals surface area contributed by atoms with Gasteiger partial charge in [0.25, 0.3) is 0 Å². The van der Waals surface area contributed by atoms with Crippen LogP contribution in [0.3, 0.4) is 0 Å². The Morgan fingerprint density at radius 3 is 2.53 bits per heavy atom. The zero-order valence-corrected chi connectivity index (χ0v) is 12.2. The van der Waals surface area contributed by atoms with E-state index in [9.17, 15) is 0 Å². The Hall–Kier alpha value is -1.61. The average Bonchev–Trinajstić information content (AvgIpc) is 2.84. The van der Waals surface area contributed by atoms with E-state index in [-0.39, 0.29) is 6.04 Å². The molecule has 2 rings (SSSR count). The van der Waals surface area contributed by atoms with E-state index >= 15 is 0 Å². The summed E-state index contributed by atoms with van der Waals surface area (Å²) in [5, 5.41) is 3.38. The third kappa shape index (κ3) is 3.44. The van der Waals surface area contributed by atoms with Gasteiger partial charge in [-0.2, -0.15) is 0 Å². The Morgan fingerprint density at radius 1 is 1.21 bits per heavy atom. The second-order valence-electron chi connectivity index (χ2n) is 5.11. The van der Waals surface area contributed by atoms with Crippen LogP contribution in [0.15, 0.2) is 28.8 Å². The Kier molecular flexibility index (Phi) is 4.38. The maximum atomic E-state index is 5.86. The van der Waals surface area contributed by atoms with Gasteiger partial charge >= 0.3 is 0 Å². The number of aryl methyl sites for hydroxylation is 2. The minimum atomic E-state index is 0.152. The second kappa shape index (κ2) is 6.02. The normalized spacial score (nSPS) is 12.6. The highest BCUT2D eigenvalue weighted by Gasteiger charge is 2.12. The number of oxazole rings is 1. The summed E-state index contributed by atoms with van der Waals surface area (Å²) in [6, 6.07) is 6.56. The zero-order valence-electron chi connectivity index (χ0n) is 12.2. The number of benzene rings is 1. The van der Waals surface area contributed by atoms with Gasteiger partial charge in [-0.3, -0.25) is 0 Å². The van der Waals surface area contributed by atoms with Gasteiger partial charge in [0.1, 0.15) is 0 Å². The topological polar surface area (TPSA) is 38.1 Å². The summed E-state index contributed by atoms with van der Waals surface area (Å²) in [6.45, 7) is 9.39. The molecular weight excluding hydrogens is 236 g/mol. The van der Waals surface area contributed by atoms with Gasteiger partial charge in [-0.15, -0.1) is 0 Å². The van der Waals surface area contributed by atoms with Gasteiger partial charge in [-0.05, 0) is 45.9 Å². The lowest BCUT2D eigenvalue weighted by molar-refractivity contribution is 0.423. The molecule has 1 N–H and O–H groups in total. The van der Waals surface area contributed by atoms with E-state index in [1.165, 1.54) is 11.1 Å². The van der Waals surface area contributed by atoms with Crippen molar-refractivity contribution in [3.05, 3.63) is 41.4 Å². The predicted molar refractivity (Wildman–Crippen MR) is 78.1 cm³/mol. The van der Waals surface area contributed by atoms with Gasteiger partial charge < -0.3 is 9.73 Å². The monoisotopic (exact) mass is 258 g/mol. The summed E-state index contributed by atoms with van der Waals surface area (Å²) >= 11 is 0. The highest BCUT2D eigenvalue weighted by atomic mass is 16.4. The number of hydrogen-bond donors (Lipinski definition) is 1. The molecule has 0 amide bonds. The second-order valence-corrected chi connectivity index (χ2v) is 5.11. The number of aromatic nitrogens is 1. The summed E-state index contributed by atoms with van der Waals surface area (Å²) in [5.41, 5.74) is 3.58. The van der Waals surface area contributed by atoms with Gasteiger partial charge in [0.2, 0.25) is 5.89 Å². The molecule has 0 aliphatic rings. The first kappa shape index (κ1) is 13.8. The number of nitrogens with zero attached hydrogens (tertiary/aromatic N) is 1. The van der Waals surface area contributed by atoms with Crippen molar-refractivity contribution in [2.75, 3.05) is 6.54 Å². The summed E-state index contributed by atoms with van der Waals surface area (Å²) < 4.78 is 5.86. The van der Waals surface area contributed by atoms with Crippen molar-refractivity contribution in [1.82, 2.24) is 10.3 Å². The predicted octanol–water partition coefficient (Wildman–Crippen LogP) is 4.02. The maximum absolute atomic E-state index is 5.86. The van der Waals surface area contributed by atoms with Gasteiger partial charge in [0.05, 0.1) is 12.2 Å². The van der Waals surface area contributed by atoms with Crippen LogP contribution in [0.1, 0.15) is 43.3 Å². The van der Waals surface area contributed by atoms with Crippen molar-refractivity contribution >= 4 is 0 Å². The van der Waals surface area contributed by atoms with Crippen molar-refractivity contribution in [2.24, 2.45) is 0 Å². The van der Waals surface area contributed by atoms with Gasteiger partial charge in [-0.1, -0.05) is 24.1 Å². The Morgan fingerprint density at radius 2 is 1.89 bits per heavy atom. The van der Waals surface area contributed by atoms with Gasteiger partial charge in [-0.25, -0.2) is 4.98 Å². The van der Waals surface area contributed by atoms with Crippen LogP contribution < -0.4 is 5.32 Å². The smallest absolute Gasteiger partial charge is 0.211 e. The Labute approximate surface area is 115 Å². The molecule has 1 heterocycles. The fourth-order valence-electron chi connectivity index (χ4n) is 2.19. The summed E-state index contributed by atoms with van der Waals surface area (Å²) in [5.74, 6) is 1.59. The Balaban J connectivity index is 2.20. The lowest BCUT2D eigenvalue weighted by Crippen LogP contribution is -2.19. The van der Waals surface area contributed by atoms with Crippen LogP contribution in [0.4, 0.5) is 0 Å². The molecule has 1 aromatic carbocycles. The van der Waals surface area contributed by atoms with Crippen molar-refractivity contribution in [3.63, 3.8) is 0 Å². The van der Waals surface area contributed by atoms with E-state index in [0.717, 1.165) is 30.2 Å². The fourth-order valence-corrected chi connectivity index (χ4v) is 2.19. The van der Waals surface area contributed by atoms with E-state index in [1.807, 2.05) is 6.20 Å². The van der Waals surface area contributed by atoms with E-state index in [2.05, 4.69) is 56.2 Å². The molecule has 0 saturated carbocycles. The molecule has 3 heteroatoms. The van der Waals surface area contributed by atoms with Crippen LogP contribution in [0, 0.1) is 13.8 Å². The van der Waals surface area contributed by atoms with E-state index in [0.29, 0.717) is 0 Å². The van der Waals surface area contributed by atoms with Crippen molar-refractivity contribution in [1.29, 1.82) is 0 Å². The molecule has 0 saturated heterocycles. The first-order valence-electron chi connectivity index (χ1n) is 6.88. The highest BCUT2D eigenvalue weighted by molar-refractivity contribution is 5.58. The summed E-state index contributed by atoms with van der Waals surface area (Å²) in [7, 11) is 0. The van der Waals surface area contributed by atoms with Crippen LogP contribution >= 0.6 is 0 Å². The van der Waals surface area contributed by atoms with Gasteiger partial charge in [0.15, 0.2) is 5.76 Å². The lowest BCUT2D eigenvalue weighted by Gasteiger charge is -2.08. The molecule has 0 aliphatic carbocycles. The average molecular weight is 258 g/mol. The number of hydrogen-bond acceptors (Lipinski definition) is 3. The number of nitrogens with one attached hydrogen (secondary N) is 1. The van der Waals surface area contributed by atoms with E-state index in [1.54, 1.807) is 0 Å². The molecule has 1 aromatic heterocycles. The zero-order chi connectivity index (χ0) is 13.8. The molecule has 19 heavy (non-hydrogen) atoms. The molecule has 1 unspecified atom stereocenters. The summed E-state index contributed by atoms with van der Waals surface area (Å²) in [6.07, 6.45) is 2.92. The third-order valence-electron chi connectivity index (χ3n) is 3.10. The van der Waals surface area contributed by atoms with Crippen LogP contribution in [0.5, 0.6) is 0 Å². The van der Waals surface area contributed by atoms with Crippen LogP contribution in [-0.4, -0.2) is 11.5 Å². The molecular formula is C16H22N2O. The lowest BCUT2D eigenvalue weighted by atomic mass is 10.1. The first-order chi connectivity index (χ1) is 9.10. The van der Waals surface area contributed by atoms with Gasteiger partial charge in [0, 0.05) is 5.56 Å².